The van der Waals surface area contributed by atoms with Crippen LogP contribution in [0.2, 0.25) is 0 Å². The molecule has 6 heteroatoms. The van der Waals surface area contributed by atoms with Gasteiger partial charge in [-0.25, -0.2) is 5.84 Å². The highest BCUT2D eigenvalue weighted by atomic mass is 16.5. The van der Waals surface area contributed by atoms with Crippen molar-refractivity contribution in [3.63, 3.8) is 0 Å². The van der Waals surface area contributed by atoms with Gasteiger partial charge in [0.25, 0.3) is 5.91 Å². The van der Waals surface area contributed by atoms with Gasteiger partial charge in [0.2, 0.25) is 5.91 Å². The number of nitrogens with two attached hydrogens (primary N) is 1. The van der Waals surface area contributed by atoms with Crippen molar-refractivity contribution in [3.05, 3.63) is 24.3 Å². The van der Waals surface area contributed by atoms with E-state index in [1.807, 2.05) is 19.9 Å². The molecule has 1 atom stereocenters. The smallest absolute Gasteiger partial charge is 0.276 e. The van der Waals surface area contributed by atoms with Crippen LogP contribution in [0.5, 0.6) is 5.75 Å². The number of amides is 2. The summed E-state index contributed by atoms with van der Waals surface area (Å²) in [7, 11) is 0. The monoisotopic (exact) mass is 263 g/mol. The molecule has 0 radical (unpaired) electrons. The van der Waals surface area contributed by atoms with Crippen LogP contribution in [-0.2, 0) is 9.59 Å². The van der Waals surface area contributed by atoms with Gasteiger partial charge >= 0.3 is 0 Å². The SMILES string of the molecule is CC(C)C(=O)N1C[C@@H](C(=O)NN)Oc2ccccc21. The molecule has 0 bridgehead atoms. The van der Waals surface area contributed by atoms with Crippen LogP contribution in [0.25, 0.3) is 0 Å². The first kappa shape index (κ1) is 13.4. The van der Waals surface area contributed by atoms with E-state index in [1.165, 1.54) is 0 Å². The van der Waals surface area contributed by atoms with Gasteiger partial charge in [-0.1, -0.05) is 26.0 Å². The van der Waals surface area contributed by atoms with E-state index in [9.17, 15) is 9.59 Å². The number of hydrazine groups is 1. The molecule has 1 heterocycles. The lowest BCUT2D eigenvalue weighted by atomic mass is 10.1. The second-order valence-electron chi connectivity index (χ2n) is 4.69. The third-order valence-electron chi connectivity index (χ3n) is 2.97. The molecule has 1 aliphatic rings. The van der Waals surface area contributed by atoms with E-state index < -0.39 is 12.0 Å². The summed E-state index contributed by atoms with van der Waals surface area (Å²) in [4.78, 5) is 25.4. The maximum Gasteiger partial charge on any atom is 0.276 e. The topological polar surface area (TPSA) is 84.7 Å². The summed E-state index contributed by atoms with van der Waals surface area (Å²) in [6, 6.07) is 7.14. The number of hydrogen-bond donors (Lipinski definition) is 2. The van der Waals surface area contributed by atoms with Crippen LogP contribution in [-0.4, -0.2) is 24.5 Å². The van der Waals surface area contributed by atoms with Crippen molar-refractivity contribution in [2.75, 3.05) is 11.4 Å². The maximum absolute atomic E-state index is 12.2. The van der Waals surface area contributed by atoms with Gasteiger partial charge in [0, 0.05) is 5.92 Å². The van der Waals surface area contributed by atoms with Gasteiger partial charge in [0.15, 0.2) is 6.10 Å². The summed E-state index contributed by atoms with van der Waals surface area (Å²) < 4.78 is 5.56. The lowest BCUT2D eigenvalue weighted by Crippen LogP contribution is -2.52. The zero-order chi connectivity index (χ0) is 14.0. The molecule has 0 unspecified atom stereocenters. The van der Waals surface area contributed by atoms with Gasteiger partial charge < -0.3 is 9.64 Å². The fourth-order valence-electron chi connectivity index (χ4n) is 1.98. The maximum atomic E-state index is 12.2. The molecule has 19 heavy (non-hydrogen) atoms. The van der Waals surface area contributed by atoms with Crippen molar-refractivity contribution in [1.82, 2.24) is 5.43 Å². The highest BCUT2D eigenvalue weighted by Crippen LogP contribution is 2.33. The number of carbonyl (C=O) groups excluding carboxylic acids is 2. The van der Waals surface area contributed by atoms with Gasteiger partial charge in [-0.05, 0) is 12.1 Å². The minimum Gasteiger partial charge on any atom is -0.476 e. The van der Waals surface area contributed by atoms with Crippen molar-refractivity contribution in [1.29, 1.82) is 0 Å². The molecular formula is C13H17N3O3. The summed E-state index contributed by atoms with van der Waals surface area (Å²) in [6.07, 6.45) is -0.789. The Kier molecular flexibility index (Phi) is 3.71. The van der Waals surface area contributed by atoms with Gasteiger partial charge in [-0.15, -0.1) is 0 Å². The Labute approximate surface area is 111 Å². The average Bonchev–Trinajstić information content (AvgIpc) is 2.44. The fraction of sp³-hybridized carbons (Fsp3) is 0.385. The Morgan fingerprint density at radius 2 is 2.11 bits per heavy atom. The largest absolute Gasteiger partial charge is 0.476 e. The second-order valence-corrected chi connectivity index (χ2v) is 4.69. The number of anilines is 1. The van der Waals surface area contributed by atoms with Crippen LogP contribution in [0.1, 0.15) is 13.8 Å². The van der Waals surface area contributed by atoms with Gasteiger partial charge in [0.05, 0.1) is 12.2 Å². The molecule has 0 saturated heterocycles. The Bertz CT molecular complexity index is 502. The third kappa shape index (κ3) is 2.53. The van der Waals surface area contributed by atoms with Crippen LogP contribution < -0.4 is 20.9 Å². The standard InChI is InChI=1S/C13H17N3O3/c1-8(2)13(18)16-7-11(12(17)15-14)19-10-6-4-3-5-9(10)16/h3-6,8,11H,7,14H2,1-2H3,(H,15,17)/t11-/m0/s1. The molecule has 2 rings (SSSR count). The fourth-order valence-corrected chi connectivity index (χ4v) is 1.98. The molecule has 0 fully saturated rings. The van der Waals surface area contributed by atoms with E-state index in [1.54, 1.807) is 23.1 Å². The number of nitrogens with one attached hydrogen (secondary N) is 1. The quantitative estimate of drug-likeness (QED) is 0.460. The van der Waals surface area contributed by atoms with E-state index in [0.29, 0.717) is 11.4 Å². The number of nitrogens with zero attached hydrogens (tertiary/aromatic N) is 1. The van der Waals surface area contributed by atoms with Crippen LogP contribution in [0.15, 0.2) is 24.3 Å². The highest BCUT2D eigenvalue weighted by Gasteiger charge is 2.34. The summed E-state index contributed by atoms with van der Waals surface area (Å²) in [5, 5.41) is 0. The normalized spacial score (nSPS) is 17.7. The summed E-state index contributed by atoms with van der Waals surface area (Å²) in [5.74, 6) is 4.97. The number of rotatable bonds is 2. The van der Waals surface area contributed by atoms with Crippen molar-refractivity contribution >= 4 is 17.5 Å². The van der Waals surface area contributed by atoms with Gasteiger partial charge in [0.1, 0.15) is 5.75 Å². The first-order valence-corrected chi connectivity index (χ1v) is 6.12. The Hall–Kier alpha value is -2.08. The summed E-state index contributed by atoms with van der Waals surface area (Å²) in [6.45, 7) is 3.80. The number of carbonyl (C=O) groups is 2. The van der Waals surface area contributed by atoms with Crippen LogP contribution in [0.4, 0.5) is 5.69 Å². The molecule has 0 aromatic heterocycles. The van der Waals surface area contributed by atoms with Crippen molar-refractivity contribution < 1.29 is 14.3 Å². The Morgan fingerprint density at radius 3 is 2.74 bits per heavy atom. The number of para-hydroxylation sites is 2. The number of hydrogen-bond acceptors (Lipinski definition) is 4. The van der Waals surface area contributed by atoms with Crippen molar-refractivity contribution in [2.45, 2.75) is 20.0 Å². The Morgan fingerprint density at radius 1 is 1.42 bits per heavy atom. The van der Waals surface area contributed by atoms with E-state index in [4.69, 9.17) is 10.6 Å². The molecule has 1 aromatic carbocycles. The molecule has 102 valence electrons. The summed E-state index contributed by atoms with van der Waals surface area (Å²) in [5.41, 5.74) is 2.73. The van der Waals surface area contributed by atoms with Gasteiger partial charge in [-0.2, -0.15) is 0 Å². The predicted octanol–water partition coefficient (Wildman–Crippen LogP) is 0.427. The molecule has 3 N–H and O–H groups in total. The van der Waals surface area contributed by atoms with E-state index in [0.717, 1.165) is 0 Å². The first-order valence-electron chi connectivity index (χ1n) is 6.12. The van der Waals surface area contributed by atoms with Crippen molar-refractivity contribution in [3.8, 4) is 5.75 Å². The lowest BCUT2D eigenvalue weighted by molar-refractivity contribution is -0.128. The number of benzene rings is 1. The van der Waals surface area contributed by atoms with Gasteiger partial charge in [-0.3, -0.25) is 15.0 Å². The van der Waals surface area contributed by atoms with E-state index in [2.05, 4.69) is 5.43 Å². The van der Waals surface area contributed by atoms with Crippen molar-refractivity contribution in [2.24, 2.45) is 11.8 Å². The Balaban J connectivity index is 2.36. The van der Waals surface area contributed by atoms with E-state index >= 15 is 0 Å². The zero-order valence-electron chi connectivity index (χ0n) is 10.9. The predicted molar refractivity (Wildman–Crippen MR) is 70.4 cm³/mol. The molecule has 0 saturated carbocycles. The minimum atomic E-state index is -0.789. The number of fused-ring (bicyclic) bond motifs is 1. The molecule has 1 aliphatic heterocycles. The lowest BCUT2D eigenvalue weighted by Gasteiger charge is -2.34. The molecular weight excluding hydrogens is 246 g/mol. The second kappa shape index (κ2) is 5.27. The third-order valence-corrected chi connectivity index (χ3v) is 2.97. The number of ether oxygens (including phenoxy) is 1. The molecule has 1 aromatic rings. The average molecular weight is 263 g/mol. The molecule has 6 nitrogen and oxygen atoms in total. The van der Waals surface area contributed by atoms with Crippen LogP contribution >= 0.6 is 0 Å². The molecule has 0 spiro atoms. The van der Waals surface area contributed by atoms with E-state index in [-0.39, 0.29) is 18.4 Å². The van der Waals surface area contributed by atoms with Crippen LogP contribution in [0.3, 0.4) is 0 Å². The zero-order valence-corrected chi connectivity index (χ0v) is 10.9. The molecule has 2 amide bonds. The minimum absolute atomic E-state index is 0.0504. The molecule has 0 aliphatic carbocycles. The summed E-state index contributed by atoms with van der Waals surface area (Å²) >= 11 is 0. The first-order chi connectivity index (χ1) is 9.04. The highest BCUT2D eigenvalue weighted by molar-refractivity contribution is 5.98. The van der Waals surface area contributed by atoms with Crippen LogP contribution in [0, 0.1) is 5.92 Å².